The Labute approximate surface area is 106 Å². The highest BCUT2D eigenvalue weighted by atomic mass is 19.1. The van der Waals surface area contributed by atoms with Crippen molar-refractivity contribution in [3.05, 3.63) is 29.6 Å². The van der Waals surface area contributed by atoms with Crippen molar-refractivity contribution in [3.8, 4) is 11.8 Å². The highest BCUT2D eigenvalue weighted by molar-refractivity contribution is 5.43. The molecule has 4 heteroatoms. The third kappa shape index (κ3) is 2.99. The van der Waals surface area contributed by atoms with E-state index in [0.717, 1.165) is 25.7 Å². The van der Waals surface area contributed by atoms with Gasteiger partial charge in [-0.3, -0.25) is 0 Å². The van der Waals surface area contributed by atoms with Gasteiger partial charge >= 0.3 is 0 Å². The molecule has 1 aliphatic rings. The predicted octanol–water partition coefficient (Wildman–Crippen LogP) is 2.74. The van der Waals surface area contributed by atoms with Gasteiger partial charge in [-0.05, 0) is 31.0 Å². The molecule has 0 heterocycles. The molecule has 0 bridgehead atoms. The standard InChI is InChI=1S/C14H17FN2O/c15-12-4-5-13(11(8-12)9-16)18-10-14(17)6-2-1-3-7-14/h4-5,8H,1-3,6-7,10,17H2. The van der Waals surface area contributed by atoms with Crippen LogP contribution in [0.3, 0.4) is 0 Å². The van der Waals surface area contributed by atoms with Crippen molar-refractivity contribution in [3.63, 3.8) is 0 Å². The van der Waals surface area contributed by atoms with Crippen LogP contribution in [0.15, 0.2) is 18.2 Å². The van der Waals surface area contributed by atoms with Gasteiger partial charge in [-0.2, -0.15) is 5.26 Å². The smallest absolute Gasteiger partial charge is 0.137 e. The Kier molecular flexibility index (Phi) is 3.83. The van der Waals surface area contributed by atoms with Gasteiger partial charge in [0, 0.05) is 0 Å². The summed E-state index contributed by atoms with van der Waals surface area (Å²) in [5, 5.41) is 8.92. The second-order valence-corrected chi connectivity index (χ2v) is 4.96. The van der Waals surface area contributed by atoms with Crippen molar-refractivity contribution in [2.75, 3.05) is 6.61 Å². The van der Waals surface area contributed by atoms with Crippen LogP contribution in [0.4, 0.5) is 4.39 Å². The predicted molar refractivity (Wildman–Crippen MR) is 66.6 cm³/mol. The molecule has 0 unspecified atom stereocenters. The zero-order valence-corrected chi connectivity index (χ0v) is 10.3. The molecule has 0 saturated heterocycles. The van der Waals surface area contributed by atoms with Crippen molar-refractivity contribution in [2.45, 2.75) is 37.6 Å². The second kappa shape index (κ2) is 5.36. The molecule has 0 atom stereocenters. The molecular formula is C14H17FN2O. The summed E-state index contributed by atoms with van der Waals surface area (Å²) in [5.74, 6) is -0.0201. The Morgan fingerprint density at radius 2 is 2.06 bits per heavy atom. The number of hydrogen-bond donors (Lipinski definition) is 1. The average Bonchev–Trinajstić information content (AvgIpc) is 2.38. The van der Waals surface area contributed by atoms with Crippen molar-refractivity contribution in [1.82, 2.24) is 0 Å². The van der Waals surface area contributed by atoms with Crippen LogP contribution in [-0.2, 0) is 0 Å². The maximum atomic E-state index is 13.0. The molecule has 18 heavy (non-hydrogen) atoms. The molecule has 0 spiro atoms. The zero-order chi connectivity index (χ0) is 13.0. The molecule has 1 saturated carbocycles. The summed E-state index contributed by atoms with van der Waals surface area (Å²) < 4.78 is 18.6. The highest BCUT2D eigenvalue weighted by Crippen LogP contribution is 2.27. The van der Waals surface area contributed by atoms with Crippen molar-refractivity contribution < 1.29 is 9.13 Å². The third-order valence-electron chi connectivity index (χ3n) is 3.43. The summed E-state index contributed by atoms with van der Waals surface area (Å²) in [7, 11) is 0. The minimum atomic E-state index is -0.431. The van der Waals surface area contributed by atoms with Gasteiger partial charge < -0.3 is 10.5 Å². The molecular weight excluding hydrogens is 231 g/mol. The third-order valence-corrected chi connectivity index (χ3v) is 3.43. The van der Waals surface area contributed by atoms with E-state index in [0.29, 0.717) is 12.4 Å². The quantitative estimate of drug-likeness (QED) is 0.894. The van der Waals surface area contributed by atoms with Crippen molar-refractivity contribution in [2.24, 2.45) is 5.73 Å². The first-order valence-electron chi connectivity index (χ1n) is 6.24. The summed E-state index contributed by atoms with van der Waals surface area (Å²) in [6.07, 6.45) is 5.34. The maximum Gasteiger partial charge on any atom is 0.137 e. The van der Waals surface area contributed by atoms with Gasteiger partial charge in [-0.25, -0.2) is 4.39 Å². The fourth-order valence-electron chi connectivity index (χ4n) is 2.34. The average molecular weight is 248 g/mol. The molecule has 0 amide bonds. The lowest BCUT2D eigenvalue weighted by Gasteiger charge is -2.33. The van der Waals surface area contributed by atoms with E-state index in [4.69, 9.17) is 15.7 Å². The van der Waals surface area contributed by atoms with Crippen LogP contribution in [-0.4, -0.2) is 12.1 Å². The number of nitriles is 1. The lowest BCUT2D eigenvalue weighted by molar-refractivity contribution is 0.173. The minimum Gasteiger partial charge on any atom is -0.490 e. The van der Waals surface area contributed by atoms with E-state index in [2.05, 4.69) is 0 Å². The lowest BCUT2D eigenvalue weighted by atomic mass is 9.83. The number of hydrogen-bond acceptors (Lipinski definition) is 3. The van der Waals surface area contributed by atoms with E-state index in [1.807, 2.05) is 6.07 Å². The summed E-state index contributed by atoms with van der Waals surface area (Å²) in [6.45, 7) is 0.382. The maximum absolute atomic E-state index is 13.0. The largest absolute Gasteiger partial charge is 0.490 e. The summed E-state index contributed by atoms with van der Waals surface area (Å²) in [5.41, 5.74) is 6.16. The van der Waals surface area contributed by atoms with E-state index in [1.165, 1.54) is 24.6 Å². The number of ether oxygens (including phenoxy) is 1. The minimum absolute atomic E-state index is 0.217. The second-order valence-electron chi connectivity index (χ2n) is 4.96. The van der Waals surface area contributed by atoms with Crippen molar-refractivity contribution in [1.29, 1.82) is 5.26 Å². The topological polar surface area (TPSA) is 59.0 Å². The fourth-order valence-corrected chi connectivity index (χ4v) is 2.34. The van der Waals surface area contributed by atoms with Crippen LogP contribution in [0.5, 0.6) is 5.75 Å². The molecule has 1 aromatic rings. The van der Waals surface area contributed by atoms with Gasteiger partial charge in [-0.15, -0.1) is 0 Å². The SMILES string of the molecule is N#Cc1cc(F)ccc1OCC1(N)CCCCC1. The molecule has 3 nitrogen and oxygen atoms in total. The Hall–Kier alpha value is -1.60. The molecule has 1 aliphatic carbocycles. The number of benzene rings is 1. The molecule has 0 radical (unpaired) electrons. The first-order chi connectivity index (χ1) is 8.63. The Balaban J connectivity index is 2.04. The molecule has 0 aliphatic heterocycles. The van der Waals surface area contributed by atoms with Crippen LogP contribution in [0.2, 0.25) is 0 Å². The van der Waals surface area contributed by atoms with Gasteiger partial charge in [0.2, 0.25) is 0 Å². The fraction of sp³-hybridized carbons (Fsp3) is 0.500. The van der Waals surface area contributed by atoms with Crippen LogP contribution in [0.1, 0.15) is 37.7 Å². The highest BCUT2D eigenvalue weighted by Gasteiger charge is 2.28. The first kappa shape index (κ1) is 12.8. The summed E-state index contributed by atoms with van der Waals surface area (Å²) >= 11 is 0. The van der Waals surface area contributed by atoms with Gasteiger partial charge in [-0.1, -0.05) is 19.3 Å². The van der Waals surface area contributed by atoms with Crippen LogP contribution in [0, 0.1) is 17.1 Å². The summed E-state index contributed by atoms with van der Waals surface area (Å²) in [4.78, 5) is 0. The zero-order valence-electron chi connectivity index (χ0n) is 10.3. The normalized spacial score (nSPS) is 18.1. The van der Waals surface area contributed by atoms with Crippen LogP contribution in [0.25, 0.3) is 0 Å². The molecule has 96 valence electrons. The molecule has 1 fully saturated rings. The molecule has 1 aromatic carbocycles. The van der Waals surface area contributed by atoms with E-state index < -0.39 is 5.82 Å². The van der Waals surface area contributed by atoms with Gasteiger partial charge in [0.05, 0.1) is 11.1 Å². The Morgan fingerprint density at radius 1 is 1.33 bits per heavy atom. The van der Waals surface area contributed by atoms with Crippen LogP contribution >= 0.6 is 0 Å². The van der Waals surface area contributed by atoms with E-state index in [1.54, 1.807) is 0 Å². The molecule has 2 rings (SSSR count). The van der Waals surface area contributed by atoms with E-state index in [-0.39, 0.29) is 11.1 Å². The Bertz CT molecular complexity index is 461. The van der Waals surface area contributed by atoms with Gasteiger partial charge in [0.15, 0.2) is 0 Å². The number of halogens is 1. The first-order valence-corrected chi connectivity index (χ1v) is 6.24. The summed E-state index contributed by atoms with van der Waals surface area (Å²) in [6, 6.07) is 5.89. The van der Waals surface area contributed by atoms with Gasteiger partial charge in [0.25, 0.3) is 0 Å². The monoisotopic (exact) mass is 248 g/mol. The van der Waals surface area contributed by atoms with E-state index >= 15 is 0 Å². The van der Waals surface area contributed by atoms with Crippen molar-refractivity contribution >= 4 is 0 Å². The number of rotatable bonds is 3. The van der Waals surface area contributed by atoms with Gasteiger partial charge in [0.1, 0.15) is 24.2 Å². The Morgan fingerprint density at radius 3 is 2.72 bits per heavy atom. The molecule has 2 N–H and O–H groups in total. The number of nitrogens with zero attached hydrogens (tertiary/aromatic N) is 1. The van der Waals surface area contributed by atoms with E-state index in [9.17, 15) is 4.39 Å². The van der Waals surface area contributed by atoms with Crippen LogP contribution < -0.4 is 10.5 Å². The lowest BCUT2D eigenvalue weighted by Crippen LogP contribution is -2.47. The number of nitrogens with two attached hydrogens (primary N) is 1. The molecule has 0 aromatic heterocycles.